The van der Waals surface area contributed by atoms with Gasteiger partial charge in [-0.25, -0.2) is 4.39 Å². The average molecular weight is 292 g/mol. The fourth-order valence-corrected chi connectivity index (χ4v) is 2.07. The second kappa shape index (κ2) is 6.19. The van der Waals surface area contributed by atoms with Crippen LogP contribution in [0, 0.1) is 5.82 Å². The van der Waals surface area contributed by atoms with Gasteiger partial charge in [0.2, 0.25) is 0 Å². The van der Waals surface area contributed by atoms with Crippen LogP contribution in [0.25, 0.3) is 0 Å². The molecule has 1 aliphatic rings. The largest absolute Gasteiger partial charge is 0.432 e. The van der Waals surface area contributed by atoms with Crippen LogP contribution in [0.2, 0.25) is 0 Å². The van der Waals surface area contributed by atoms with E-state index >= 15 is 0 Å². The van der Waals surface area contributed by atoms with Gasteiger partial charge in [-0.05, 0) is 0 Å². The van der Waals surface area contributed by atoms with Gasteiger partial charge in [-0.15, -0.1) is 0 Å². The van der Waals surface area contributed by atoms with E-state index < -0.39 is 24.3 Å². The summed E-state index contributed by atoms with van der Waals surface area (Å²) in [5.41, 5.74) is 6.20. The van der Waals surface area contributed by atoms with Crippen LogP contribution in [0.4, 0.5) is 24.5 Å². The first kappa shape index (κ1) is 14.7. The van der Waals surface area contributed by atoms with E-state index in [1.165, 1.54) is 0 Å². The summed E-state index contributed by atoms with van der Waals surface area (Å²) in [5, 5.41) is 9.08. The predicted molar refractivity (Wildman–Crippen MR) is 66.5 cm³/mol. The molecule has 0 bridgehead atoms. The summed E-state index contributed by atoms with van der Waals surface area (Å²) in [7, 11) is 0. The molecule has 3 N–H and O–H groups in total. The van der Waals surface area contributed by atoms with Gasteiger partial charge in [0, 0.05) is 25.2 Å². The minimum absolute atomic E-state index is 0.114. The van der Waals surface area contributed by atoms with Crippen molar-refractivity contribution in [3.8, 4) is 5.75 Å². The Bertz CT molecular complexity index is 474. The van der Waals surface area contributed by atoms with Crippen LogP contribution in [-0.4, -0.2) is 44.1 Å². The molecule has 112 valence electrons. The van der Waals surface area contributed by atoms with Crippen molar-refractivity contribution in [3.63, 3.8) is 0 Å². The molecule has 8 heteroatoms. The van der Waals surface area contributed by atoms with Gasteiger partial charge >= 0.3 is 6.61 Å². The summed E-state index contributed by atoms with van der Waals surface area (Å²) in [4.78, 5) is 1.73. The second-order valence-electron chi connectivity index (χ2n) is 4.34. The molecule has 1 fully saturated rings. The van der Waals surface area contributed by atoms with Crippen molar-refractivity contribution in [1.82, 2.24) is 0 Å². The van der Waals surface area contributed by atoms with Crippen molar-refractivity contribution in [3.05, 3.63) is 17.9 Å². The molecule has 0 spiro atoms. The lowest BCUT2D eigenvalue weighted by atomic mass is 10.2. The number of aliphatic hydroxyl groups is 1. The van der Waals surface area contributed by atoms with E-state index in [-0.39, 0.29) is 12.3 Å². The van der Waals surface area contributed by atoms with Gasteiger partial charge < -0.3 is 25.2 Å². The SMILES string of the molecule is Nc1cc(F)c(OC(F)F)cc1N1CCOC(CO)C1. The summed E-state index contributed by atoms with van der Waals surface area (Å²) >= 11 is 0. The molecular formula is C12H15F3N2O3. The van der Waals surface area contributed by atoms with Crippen LogP contribution in [0.1, 0.15) is 0 Å². The maximum absolute atomic E-state index is 13.5. The molecule has 1 aromatic rings. The molecule has 1 atom stereocenters. The van der Waals surface area contributed by atoms with E-state index in [9.17, 15) is 13.2 Å². The summed E-state index contributed by atoms with van der Waals surface area (Å²) in [6.07, 6.45) is -0.396. The zero-order valence-corrected chi connectivity index (χ0v) is 10.6. The van der Waals surface area contributed by atoms with E-state index in [1.807, 2.05) is 0 Å². The number of alkyl halides is 2. The lowest BCUT2D eigenvalue weighted by Crippen LogP contribution is -2.44. The highest BCUT2D eigenvalue weighted by Crippen LogP contribution is 2.32. The number of nitrogen functional groups attached to an aromatic ring is 1. The normalized spacial score (nSPS) is 19.4. The summed E-state index contributed by atoms with van der Waals surface area (Å²) in [6.45, 7) is -2.14. The fourth-order valence-electron chi connectivity index (χ4n) is 2.07. The molecule has 0 aromatic heterocycles. The fraction of sp³-hybridized carbons (Fsp3) is 0.500. The Balaban J connectivity index is 2.26. The Kier molecular flexibility index (Phi) is 4.56. The molecule has 1 saturated heterocycles. The summed E-state index contributed by atoms with van der Waals surface area (Å²) in [5.74, 6) is -1.50. The van der Waals surface area contributed by atoms with Crippen LogP contribution in [0.3, 0.4) is 0 Å². The minimum Gasteiger partial charge on any atom is -0.432 e. The molecule has 2 rings (SSSR count). The van der Waals surface area contributed by atoms with Crippen LogP contribution in [0.15, 0.2) is 12.1 Å². The number of morpholine rings is 1. The maximum Gasteiger partial charge on any atom is 0.387 e. The Labute approximate surface area is 113 Å². The Hall–Kier alpha value is -1.67. The standard InChI is InChI=1S/C12H15F3N2O3/c13-8-3-9(16)10(4-11(8)20-12(14)15)17-1-2-19-7(5-17)6-18/h3-4,7,12,18H,1-2,5-6,16H2. The molecule has 1 aliphatic heterocycles. The number of benzene rings is 1. The number of halogens is 3. The summed E-state index contributed by atoms with van der Waals surface area (Å²) in [6, 6.07) is 2.08. The van der Waals surface area contributed by atoms with Crippen molar-refractivity contribution >= 4 is 11.4 Å². The maximum atomic E-state index is 13.5. The van der Waals surface area contributed by atoms with Gasteiger partial charge in [0.05, 0.1) is 30.7 Å². The van der Waals surface area contributed by atoms with E-state index in [1.54, 1.807) is 4.90 Å². The molecule has 1 aromatic carbocycles. The number of nitrogens with zero attached hydrogens (tertiary/aromatic N) is 1. The summed E-state index contributed by atoms with van der Waals surface area (Å²) < 4.78 is 47.3. The highest BCUT2D eigenvalue weighted by Gasteiger charge is 2.23. The molecule has 20 heavy (non-hydrogen) atoms. The number of ether oxygens (including phenoxy) is 2. The van der Waals surface area contributed by atoms with Gasteiger partial charge in [-0.3, -0.25) is 0 Å². The quantitative estimate of drug-likeness (QED) is 0.816. The predicted octanol–water partition coefficient (Wildman–Crippen LogP) is 1.21. The Morgan fingerprint density at radius 2 is 2.25 bits per heavy atom. The van der Waals surface area contributed by atoms with Gasteiger partial charge in [0.15, 0.2) is 11.6 Å². The smallest absolute Gasteiger partial charge is 0.387 e. The number of rotatable bonds is 4. The third-order valence-corrected chi connectivity index (χ3v) is 2.98. The third kappa shape index (κ3) is 3.26. The topological polar surface area (TPSA) is 68.0 Å². The second-order valence-corrected chi connectivity index (χ2v) is 4.34. The highest BCUT2D eigenvalue weighted by molar-refractivity contribution is 5.70. The Morgan fingerprint density at radius 1 is 1.50 bits per heavy atom. The van der Waals surface area contributed by atoms with E-state index in [2.05, 4.69) is 4.74 Å². The molecule has 1 heterocycles. The van der Waals surface area contributed by atoms with Gasteiger partial charge in [0.25, 0.3) is 0 Å². The first-order valence-corrected chi connectivity index (χ1v) is 6.02. The van der Waals surface area contributed by atoms with E-state index in [0.717, 1.165) is 12.1 Å². The van der Waals surface area contributed by atoms with Crippen molar-refractivity contribution in [2.75, 3.05) is 36.9 Å². The number of nitrogens with two attached hydrogens (primary N) is 1. The van der Waals surface area contributed by atoms with Gasteiger partial charge in [-0.1, -0.05) is 0 Å². The monoisotopic (exact) mass is 292 g/mol. The first-order valence-electron chi connectivity index (χ1n) is 6.02. The number of aliphatic hydroxyl groups excluding tert-OH is 1. The lowest BCUT2D eigenvalue weighted by Gasteiger charge is -2.34. The van der Waals surface area contributed by atoms with Crippen molar-refractivity contribution in [1.29, 1.82) is 0 Å². The van der Waals surface area contributed by atoms with Crippen LogP contribution in [0.5, 0.6) is 5.75 Å². The number of hydrogen-bond acceptors (Lipinski definition) is 5. The lowest BCUT2D eigenvalue weighted by molar-refractivity contribution is -0.0521. The molecule has 0 radical (unpaired) electrons. The first-order chi connectivity index (χ1) is 9.51. The Morgan fingerprint density at radius 3 is 2.90 bits per heavy atom. The molecule has 5 nitrogen and oxygen atoms in total. The molecule has 1 unspecified atom stereocenters. The van der Waals surface area contributed by atoms with Crippen LogP contribution in [-0.2, 0) is 4.74 Å². The van der Waals surface area contributed by atoms with Gasteiger partial charge in [-0.2, -0.15) is 8.78 Å². The zero-order chi connectivity index (χ0) is 14.7. The van der Waals surface area contributed by atoms with E-state index in [4.69, 9.17) is 15.6 Å². The molecule has 0 amide bonds. The van der Waals surface area contributed by atoms with Gasteiger partial charge in [0.1, 0.15) is 0 Å². The molecular weight excluding hydrogens is 277 g/mol. The van der Waals surface area contributed by atoms with Crippen molar-refractivity contribution in [2.45, 2.75) is 12.7 Å². The average Bonchev–Trinajstić information content (AvgIpc) is 2.41. The molecule has 0 saturated carbocycles. The van der Waals surface area contributed by atoms with E-state index in [0.29, 0.717) is 25.4 Å². The minimum atomic E-state index is -3.11. The third-order valence-electron chi connectivity index (χ3n) is 2.98. The van der Waals surface area contributed by atoms with Crippen LogP contribution >= 0.6 is 0 Å². The number of anilines is 2. The number of hydrogen-bond donors (Lipinski definition) is 2. The van der Waals surface area contributed by atoms with Crippen molar-refractivity contribution < 1.29 is 27.8 Å². The van der Waals surface area contributed by atoms with Crippen LogP contribution < -0.4 is 15.4 Å². The van der Waals surface area contributed by atoms with Crippen molar-refractivity contribution in [2.24, 2.45) is 0 Å². The zero-order valence-electron chi connectivity index (χ0n) is 10.6. The molecule has 0 aliphatic carbocycles. The highest BCUT2D eigenvalue weighted by atomic mass is 19.3.